The number of halogens is 1. The first kappa shape index (κ1) is 16.1. The van der Waals surface area contributed by atoms with Crippen LogP contribution in [0, 0.1) is 22.7 Å². The van der Waals surface area contributed by atoms with Crippen molar-refractivity contribution in [2.45, 2.75) is 32.7 Å². The first-order chi connectivity index (χ1) is 8.60. The second-order valence-corrected chi connectivity index (χ2v) is 15.3. The van der Waals surface area contributed by atoms with E-state index in [0.29, 0.717) is 11.1 Å². The molecule has 0 N–H and O–H groups in total. The molecular weight excluding hydrogens is 336 g/mol. The van der Waals surface area contributed by atoms with E-state index in [2.05, 4.69) is 54.7 Å². The van der Waals surface area contributed by atoms with E-state index in [1.165, 1.54) is 0 Å². The highest BCUT2D eigenvalue weighted by molar-refractivity contribution is 9.10. The summed E-state index contributed by atoms with van der Waals surface area (Å²) in [5.41, 5.74) is 0.816. The lowest BCUT2D eigenvalue weighted by molar-refractivity contribution is 0.566. The number of nitrogens with zero attached hydrogens (tertiary/aromatic N) is 2. The molecule has 0 unspecified atom stereocenters. The smallest absolute Gasteiger partial charge is 0.207 e. The van der Waals surface area contributed by atoms with Crippen LogP contribution in [-0.2, 0) is 4.12 Å². The van der Waals surface area contributed by atoms with Crippen molar-refractivity contribution in [2.24, 2.45) is 0 Å². The van der Waals surface area contributed by atoms with E-state index >= 15 is 0 Å². The second-order valence-electron chi connectivity index (χ2n) is 5.83. The van der Waals surface area contributed by atoms with E-state index in [4.69, 9.17) is 14.6 Å². The lowest BCUT2D eigenvalue weighted by Gasteiger charge is -2.32. The maximum absolute atomic E-state index is 9.13. The molecule has 0 radical (unpaired) electrons. The molecule has 0 aliphatic rings. The van der Waals surface area contributed by atoms with E-state index in [-0.39, 0.29) is 0 Å². The molecule has 0 aliphatic heterocycles. The summed E-state index contributed by atoms with van der Waals surface area (Å²) in [6.07, 6.45) is 0. The van der Waals surface area contributed by atoms with Gasteiger partial charge in [-0.05, 0) is 50.1 Å². The molecule has 0 heterocycles. The van der Waals surface area contributed by atoms with Gasteiger partial charge in [-0.3, -0.25) is 0 Å². The zero-order valence-electron chi connectivity index (χ0n) is 11.8. The molecule has 0 bridgehead atoms. The summed E-state index contributed by atoms with van der Waals surface area (Å²) in [5.74, 6) is 0. The van der Waals surface area contributed by atoms with Crippen LogP contribution in [-0.4, -0.2) is 16.6 Å². The normalized spacial score (nSPS) is 11.8. The number of hydrogen-bond donors (Lipinski definition) is 0. The van der Waals surface area contributed by atoms with Crippen molar-refractivity contribution in [1.29, 1.82) is 10.5 Å². The van der Waals surface area contributed by atoms with Crippen molar-refractivity contribution in [3.05, 3.63) is 27.7 Å². The Morgan fingerprint density at radius 3 is 1.89 bits per heavy atom. The molecule has 0 saturated carbocycles. The lowest BCUT2D eigenvalue weighted by Crippen LogP contribution is -2.52. The lowest BCUT2D eigenvalue weighted by atomic mass is 10.1. The van der Waals surface area contributed by atoms with Crippen molar-refractivity contribution in [3.8, 4) is 12.1 Å². The van der Waals surface area contributed by atoms with Crippen molar-refractivity contribution in [1.82, 2.24) is 0 Å². The van der Waals surface area contributed by atoms with Gasteiger partial charge in [0.1, 0.15) is 12.1 Å². The van der Waals surface area contributed by atoms with Crippen LogP contribution in [0.25, 0.3) is 0 Å². The summed E-state index contributed by atoms with van der Waals surface area (Å²) in [6, 6.07) is 7.65. The standard InChI is InChI=1S/C13H17BrN2OSi2/c1-18(2,3)17-19(4,5)13-7-11(9-16)10(8-15)6-12(13)14/h6-7H,1-5H3. The van der Waals surface area contributed by atoms with Crippen molar-refractivity contribution in [2.75, 3.05) is 0 Å². The second kappa shape index (κ2) is 5.60. The summed E-state index contributed by atoms with van der Waals surface area (Å²) >= 11 is 3.50. The molecular formula is C13H17BrN2OSi2. The van der Waals surface area contributed by atoms with Gasteiger partial charge >= 0.3 is 0 Å². The zero-order valence-corrected chi connectivity index (χ0v) is 15.4. The number of hydrogen-bond acceptors (Lipinski definition) is 3. The third kappa shape index (κ3) is 4.02. The van der Waals surface area contributed by atoms with Crippen LogP contribution in [0.4, 0.5) is 0 Å². The Balaban J connectivity index is 3.37. The molecule has 19 heavy (non-hydrogen) atoms. The van der Waals surface area contributed by atoms with E-state index in [0.717, 1.165) is 9.66 Å². The largest absolute Gasteiger partial charge is 0.452 e. The SMILES string of the molecule is C[Si](C)(C)O[Si](C)(C)c1cc(C#N)c(C#N)cc1Br. The minimum atomic E-state index is -2.09. The molecule has 0 spiro atoms. The Labute approximate surface area is 125 Å². The van der Waals surface area contributed by atoms with E-state index in [1.807, 2.05) is 6.07 Å². The Hall–Kier alpha value is -0.926. The molecule has 1 aromatic rings. The van der Waals surface area contributed by atoms with Crippen LogP contribution < -0.4 is 5.19 Å². The number of nitriles is 2. The summed E-state index contributed by atoms with van der Waals surface area (Å²) in [4.78, 5) is 0. The average molecular weight is 353 g/mol. The molecule has 0 aromatic heterocycles. The molecule has 0 atom stereocenters. The summed E-state index contributed by atoms with van der Waals surface area (Å²) in [5, 5.41) is 19.2. The van der Waals surface area contributed by atoms with E-state index in [1.54, 1.807) is 12.1 Å². The van der Waals surface area contributed by atoms with Gasteiger partial charge in [-0.15, -0.1) is 0 Å². The van der Waals surface area contributed by atoms with Gasteiger partial charge in [-0.25, -0.2) is 0 Å². The van der Waals surface area contributed by atoms with Crippen molar-refractivity contribution < 1.29 is 4.12 Å². The van der Waals surface area contributed by atoms with Gasteiger partial charge in [0.2, 0.25) is 8.32 Å². The van der Waals surface area contributed by atoms with E-state index in [9.17, 15) is 0 Å². The van der Waals surface area contributed by atoms with Crippen LogP contribution in [0.3, 0.4) is 0 Å². The maximum Gasteiger partial charge on any atom is 0.207 e. The molecule has 0 amide bonds. The number of benzene rings is 1. The highest BCUT2D eigenvalue weighted by Crippen LogP contribution is 2.21. The monoisotopic (exact) mass is 352 g/mol. The predicted molar refractivity (Wildman–Crippen MR) is 85.1 cm³/mol. The van der Waals surface area contributed by atoms with Gasteiger partial charge in [-0.1, -0.05) is 15.9 Å². The quantitative estimate of drug-likeness (QED) is 0.782. The Kier molecular flexibility index (Phi) is 4.75. The Morgan fingerprint density at radius 2 is 1.47 bits per heavy atom. The van der Waals surface area contributed by atoms with Gasteiger partial charge in [-0.2, -0.15) is 10.5 Å². The highest BCUT2D eigenvalue weighted by atomic mass is 79.9. The third-order valence-corrected chi connectivity index (χ3v) is 9.78. The van der Waals surface area contributed by atoms with Gasteiger partial charge in [0.15, 0.2) is 8.32 Å². The molecule has 3 nitrogen and oxygen atoms in total. The minimum Gasteiger partial charge on any atom is -0.452 e. The summed E-state index contributed by atoms with van der Waals surface area (Å²) < 4.78 is 7.18. The van der Waals surface area contributed by atoms with Crippen LogP contribution in [0.2, 0.25) is 32.7 Å². The van der Waals surface area contributed by atoms with Gasteiger partial charge in [0.25, 0.3) is 0 Å². The molecule has 1 aromatic carbocycles. The van der Waals surface area contributed by atoms with E-state index < -0.39 is 16.6 Å². The van der Waals surface area contributed by atoms with Crippen LogP contribution >= 0.6 is 15.9 Å². The molecule has 0 fully saturated rings. The average Bonchev–Trinajstić information content (AvgIpc) is 2.24. The van der Waals surface area contributed by atoms with Crippen LogP contribution in [0.1, 0.15) is 11.1 Å². The molecule has 1 rings (SSSR count). The fraction of sp³-hybridized carbons (Fsp3) is 0.385. The molecule has 0 aliphatic carbocycles. The first-order valence-corrected chi connectivity index (χ1v) is 13.1. The van der Waals surface area contributed by atoms with Crippen molar-refractivity contribution >= 4 is 37.8 Å². The number of rotatable bonds is 3. The van der Waals surface area contributed by atoms with Gasteiger partial charge in [0, 0.05) is 4.47 Å². The fourth-order valence-corrected chi connectivity index (χ4v) is 11.5. The van der Waals surface area contributed by atoms with Gasteiger partial charge < -0.3 is 4.12 Å². The molecule has 100 valence electrons. The maximum atomic E-state index is 9.13. The summed E-state index contributed by atoms with van der Waals surface area (Å²) in [6.45, 7) is 10.7. The molecule has 0 saturated heterocycles. The Morgan fingerprint density at radius 1 is 1.00 bits per heavy atom. The fourth-order valence-electron chi connectivity index (χ4n) is 2.04. The highest BCUT2D eigenvalue weighted by Gasteiger charge is 2.33. The van der Waals surface area contributed by atoms with Crippen molar-refractivity contribution in [3.63, 3.8) is 0 Å². The zero-order chi connectivity index (χ0) is 14.8. The van der Waals surface area contributed by atoms with Crippen LogP contribution in [0.5, 0.6) is 0 Å². The van der Waals surface area contributed by atoms with Gasteiger partial charge in [0.05, 0.1) is 11.1 Å². The minimum absolute atomic E-state index is 0.399. The predicted octanol–water partition coefficient (Wildman–Crippen LogP) is 3.46. The summed E-state index contributed by atoms with van der Waals surface area (Å²) in [7, 11) is -3.74. The third-order valence-electron chi connectivity index (χ3n) is 2.56. The Bertz CT molecular complexity index is 580. The first-order valence-electron chi connectivity index (χ1n) is 5.95. The molecule has 6 heteroatoms. The topological polar surface area (TPSA) is 56.8 Å². The van der Waals surface area contributed by atoms with Crippen LogP contribution in [0.15, 0.2) is 16.6 Å².